The van der Waals surface area contributed by atoms with Crippen molar-refractivity contribution < 1.29 is 9.59 Å². The molecule has 0 bridgehead atoms. The van der Waals surface area contributed by atoms with Gasteiger partial charge in [-0.3, -0.25) is 9.59 Å². The van der Waals surface area contributed by atoms with Crippen LogP contribution in [0.15, 0.2) is 0 Å². The zero-order valence-corrected chi connectivity index (χ0v) is 14.5. The van der Waals surface area contributed by atoms with Gasteiger partial charge in [-0.1, -0.05) is 20.3 Å². The van der Waals surface area contributed by atoms with Crippen LogP contribution in [0, 0.1) is 28.1 Å². The van der Waals surface area contributed by atoms with Crippen molar-refractivity contribution in [1.82, 2.24) is 5.32 Å². The normalized spacial score (nSPS) is 52.1. The summed E-state index contributed by atoms with van der Waals surface area (Å²) in [6, 6.07) is 0.292. The minimum atomic E-state index is -0.300. The first-order valence-corrected chi connectivity index (χ1v) is 9.43. The Kier molecular flexibility index (Phi) is 3.18. The molecular formula is C19H30N2O2. The van der Waals surface area contributed by atoms with Gasteiger partial charge in [0.15, 0.2) is 0 Å². The summed E-state index contributed by atoms with van der Waals surface area (Å²) in [6.45, 7) is 4.68. The molecule has 3 saturated carbocycles. The van der Waals surface area contributed by atoms with Gasteiger partial charge in [-0.25, -0.2) is 0 Å². The van der Waals surface area contributed by atoms with Gasteiger partial charge in [-0.05, 0) is 67.6 Å². The predicted molar refractivity (Wildman–Crippen MR) is 88.3 cm³/mol. The van der Waals surface area contributed by atoms with Crippen molar-refractivity contribution in [3.05, 3.63) is 0 Å². The lowest BCUT2D eigenvalue weighted by atomic mass is 9.42. The molecule has 3 N–H and O–H groups in total. The summed E-state index contributed by atoms with van der Waals surface area (Å²) in [4.78, 5) is 24.5. The number of amides is 2. The number of hydrogen-bond acceptors (Lipinski definition) is 2. The van der Waals surface area contributed by atoms with Crippen LogP contribution < -0.4 is 11.1 Å². The molecule has 2 amide bonds. The van der Waals surface area contributed by atoms with E-state index in [1.165, 1.54) is 6.42 Å². The molecular weight excluding hydrogens is 288 g/mol. The maximum Gasteiger partial charge on any atom is 0.224 e. The molecule has 128 valence electrons. The molecule has 0 unspecified atom stereocenters. The molecule has 3 aliphatic carbocycles. The number of piperidine rings is 1. The fourth-order valence-electron chi connectivity index (χ4n) is 7.30. The molecule has 0 aromatic heterocycles. The number of primary amides is 1. The van der Waals surface area contributed by atoms with Crippen molar-refractivity contribution in [3.8, 4) is 0 Å². The Labute approximate surface area is 138 Å². The second kappa shape index (κ2) is 4.73. The predicted octanol–water partition coefficient (Wildman–Crippen LogP) is 2.75. The molecule has 1 saturated heterocycles. The van der Waals surface area contributed by atoms with Crippen LogP contribution in [-0.2, 0) is 9.59 Å². The van der Waals surface area contributed by atoms with Crippen LogP contribution in [0.2, 0.25) is 0 Å². The van der Waals surface area contributed by atoms with Gasteiger partial charge in [0.2, 0.25) is 11.8 Å². The first-order valence-electron chi connectivity index (χ1n) is 9.43. The Morgan fingerprint density at radius 1 is 1.09 bits per heavy atom. The summed E-state index contributed by atoms with van der Waals surface area (Å²) < 4.78 is 0. The fraction of sp³-hybridized carbons (Fsp3) is 0.895. The highest BCUT2D eigenvalue weighted by atomic mass is 16.2. The van der Waals surface area contributed by atoms with Crippen LogP contribution in [0.4, 0.5) is 0 Å². The minimum Gasteiger partial charge on any atom is -0.369 e. The van der Waals surface area contributed by atoms with Gasteiger partial charge in [0, 0.05) is 12.5 Å². The van der Waals surface area contributed by atoms with E-state index in [1.54, 1.807) is 0 Å². The first-order chi connectivity index (χ1) is 10.8. The lowest BCUT2D eigenvalue weighted by molar-refractivity contribution is -0.168. The summed E-state index contributed by atoms with van der Waals surface area (Å²) in [7, 11) is 0. The zero-order chi connectivity index (χ0) is 16.5. The molecule has 0 aromatic rings. The summed E-state index contributed by atoms with van der Waals surface area (Å²) >= 11 is 0. The minimum absolute atomic E-state index is 0.0471. The average molecular weight is 318 g/mol. The van der Waals surface area contributed by atoms with Gasteiger partial charge in [0.1, 0.15) is 0 Å². The Balaban J connectivity index is 1.75. The van der Waals surface area contributed by atoms with Crippen molar-refractivity contribution >= 4 is 11.8 Å². The number of carbonyl (C=O) groups excluding carboxylic acids is 2. The molecule has 6 atom stereocenters. The van der Waals surface area contributed by atoms with Crippen LogP contribution in [-0.4, -0.2) is 17.9 Å². The fourth-order valence-corrected chi connectivity index (χ4v) is 7.30. The maximum absolute atomic E-state index is 12.7. The first kappa shape index (κ1) is 15.5. The molecule has 0 spiro atoms. The second-order valence-corrected chi connectivity index (χ2v) is 9.20. The Bertz CT molecular complexity index is 562. The summed E-state index contributed by atoms with van der Waals surface area (Å²) in [5.41, 5.74) is 6.00. The highest BCUT2D eigenvalue weighted by molar-refractivity contribution is 5.83. The Morgan fingerprint density at radius 3 is 2.61 bits per heavy atom. The number of fused-ring (bicyclic) bond motifs is 5. The Morgan fingerprint density at radius 2 is 1.87 bits per heavy atom. The van der Waals surface area contributed by atoms with Crippen LogP contribution in [0.25, 0.3) is 0 Å². The van der Waals surface area contributed by atoms with Crippen LogP contribution in [0.5, 0.6) is 0 Å². The topological polar surface area (TPSA) is 72.2 Å². The smallest absolute Gasteiger partial charge is 0.224 e. The van der Waals surface area contributed by atoms with Gasteiger partial charge in [-0.2, -0.15) is 0 Å². The second-order valence-electron chi connectivity index (χ2n) is 9.20. The molecule has 4 rings (SSSR count). The third-order valence-electron chi connectivity index (χ3n) is 8.58. The van der Waals surface area contributed by atoms with Crippen LogP contribution in [0.1, 0.15) is 71.6 Å². The maximum atomic E-state index is 12.7. The third-order valence-corrected chi connectivity index (χ3v) is 8.58. The molecule has 4 aliphatic rings. The van der Waals surface area contributed by atoms with Crippen LogP contribution in [0.3, 0.4) is 0 Å². The molecule has 1 heterocycles. The summed E-state index contributed by atoms with van der Waals surface area (Å²) in [5, 5.41) is 3.25. The van der Waals surface area contributed by atoms with Crippen molar-refractivity contribution in [1.29, 1.82) is 0 Å². The van der Waals surface area contributed by atoms with E-state index in [1.807, 2.05) is 0 Å². The highest BCUT2D eigenvalue weighted by Gasteiger charge is 2.67. The van der Waals surface area contributed by atoms with E-state index in [0.717, 1.165) is 44.9 Å². The van der Waals surface area contributed by atoms with E-state index in [9.17, 15) is 9.59 Å². The van der Waals surface area contributed by atoms with Gasteiger partial charge >= 0.3 is 0 Å². The van der Waals surface area contributed by atoms with Crippen molar-refractivity contribution in [2.45, 2.75) is 77.7 Å². The molecule has 0 aromatic carbocycles. The standard InChI is InChI=1S/C19H30N2O2/c1-17-8-3-9-19(17,16(20)23)13-4-5-14-18(2,12(13)6-10-17)11-7-15(22)21-14/h12-14H,3-11H2,1-2H3,(H2,20,23)(H,21,22)/t12-,13+,14+,17-,18+,19-/m0/s1. The van der Waals surface area contributed by atoms with E-state index < -0.39 is 0 Å². The monoisotopic (exact) mass is 318 g/mol. The van der Waals surface area contributed by atoms with E-state index in [0.29, 0.717) is 24.3 Å². The summed E-state index contributed by atoms with van der Waals surface area (Å²) in [6.07, 6.45) is 9.24. The van der Waals surface area contributed by atoms with E-state index >= 15 is 0 Å². The lowest BCUT2D eigenvalue weighted by Gasteiger charge is -2.63. The number of carbonyl (C=O) groups is 2. The van der Waals surface area contributed by atoms with Crippen molar-refractivity contribution in [2.75, 3.05) is 0 Å². The molecule has 23 heavy (non-hydrogen) atoms. The number of rotatable bonds is 1. The number of hydrogen-bond donors (Lipinski definition) is 2. The average Bonchev–Trinajstić information content (AvgIpc) is 2.86. The quantitative estimate of drug-likeness (QED) is 0.780. The molecule has 4 nitrogen and oxygen atoms in total. The Hall–Kier alpha value is -1.06. The van der Waals surface area contributed by atoms with Crippen molar-refractivity contribution in [2.24, 2.45) is 33.8 Å². The van der Waals surface area contributed by atoms with Gasteiger partial charge in [0.25, 0.3) is 0 Å². The molecule has 4 fully saturated rings. The summed E-state index contributed by atoms with van der Waals surface area (Å²) in [5.74, 6) is 1.10. The van der Waals surface area contributed by atoms with E-state index in [-0.39, 0.29) is 28.1 Å². The van der Waals surface area contributed by atoms with Crippen molar-refractivity contribution in [3.63, 3.8) is 0 Å². The SMILES string of the molecule is C[C@]12CCC(=O)N[C@@H]1CC[C@@H]1[C@@H]2CC[C@]2(C)CCC[C@@]12C(N)=O. The highest BCUT2D eigenvalue weighted by Crippen LogP contribution is 2.69. The molecule has 0 radical (unpaired) electrons. The van der Waals surface area contributed by atoms with Gasteiger partial charge in [-0.15, -0.1) is 0 Å². The largest absolute Gasteiger partial charge is 0.369 e. The molecule has 1 aliphatic heterocycles. The lowest BCUT2D eigenvalue weighted by Crippen LogP contribution is -2.65. The molecule has 4 heteroatoms. The van der Waals surface area contributed by atoms with E-state index in [4.69, 9.17) is 5.73 Å². The third kappa shape index (κ3) is 1.78. The number of nitrogens with two attached hydrogens (primary N) is 1. The van der Waals surface area contributed by atoms with E-state index in [2.05, 4.69) is 19.2 Å². The number of nitrogens with one attached hydrogen (secondary N) is 1. The van der Waals surface area contributed by atoms with Gasteiger partial charge in [0.05, 0.1) is 5.41 Å². The van der Waals surface area contributed by atoms with Crippen LogP contribution >= 0.6 is 0 Å². The van der Waals surface area contributed by atoms with Gasteiger partial charge < -0.3 is 11.1 Å². The zero-order valence-electron chi connectivity index (χ0n) is 14.5.